The third-order valence-electron chi connectivity index (χ3n) is 3.77. The summed E-state index contributed by atoms with van der Waals surface area (Å²) in [6.45, 7) is 4.44. The molecule has 98 valence electrons. The number of para-hydroxylation sites is 2. The van der Waals surface area contributed by atoms with Crippen molar-refractivity contribution in [2.45, 2.75) is 39.2 Å². The summed E-state index contributed by atoms with van der Waals surface area (Å²) in [5, 5.41) is 0. The van der Waals surface area contributed by atoms with Crippen LogP contribution in [0.25, 0.3) is 11.0 Å². The number of rotatable bonds is 5. The van der Waals surface area contributed by atoms with Crippen LogP contribution in [0.3, 0.4) is 0 Å². The minimum Gasteiger partial charge on any atom is -0.331 e. The Balaban J connectivity index is 2.19. The van der Waals surface area contributed by atoms with Gasteiger partial charge in [0, 0.05) is 19.5 Å². The van der Waals surface area contributed by atoms with E-state index in [9.17, 15) is 0 Å². The highest BCUT2D eigenvalue weighted by atomic mass is 15.1. The van der Waals surface area contributed by atoms with Crippen molar-refractivity contribution in [2.75, 3.05) is 0 Å². The molecule has 1 heterocycles. The van der Waals surface area contributed by atoms with Gasteiger partial charge >= 0.3 is 0 Å². The van der Waals surface area contributed by atoms with E-state index in [0.717, 1.165) is 17.8 Å². The lowest BCUT2D eigenvalue weighted by Gasteiger charge is -2.18. The van der Waals surface area contributed by atoms with Crippen LogP contribution in [-0.4, -0.2) is 15.6 Å². The van der Waals surface area contributed by atoms with Crippen molar-refractivity contribution in [3.05, 3.63) is 30.1 Å². The number of fused-ring (bicyclic) bond motifs is 1. The van der Waals surface area contributed by atoms with Crippen LogP contribution in [-0.2, 0) is 13.5 Å². The Morgan fingerprint density at radius 3 is 2.72 bits per heavy atom. The van der Waals surface area contributed by atoms with Gasteiger partial charge in [-0.3, -0.25) is 0 Å². The fourth-order valence-electron chi connectivity index (χ4n) is 2.46. The molecule has 0 fully saturated rings. The van der Waals surface area contributed by atoms with Gasteiger partial charge in [0.15, 0.2) is 0 Å². The number of nitrogens with zero attached hydrogens (tertiary/aromatic N) is 2. The average Bonchev–Trinajstić information content (AvgIpc) is 2.67. The lowest BCUT2D eigenvalue weighted by atomic mass is 9.95. The van der Waals surface area contributed by atoms with Crippen molar-refractivity contribution in [3.8, 4) is 0 Å². The number of aromatic nitrogens is 2. The van der Waals surface area contributed by atoms with E-state index >= 15 is 0 Å². The monoisotopic (exact) mass is 245 g/mol. The van der Waals surface area contributed by atoms with E-state index < -0.39 is 0 Å². The molecule has 2 N–H and O–H groups in total. The normalized spacial score (nSPS) is 14.9. The molecule has 0 spiro atoms. The lowest BCUT2D eigenvalue weighted by Crippen LogP contribution is -2.31. The van der Waals surface area contributed by atoms with E-state index in [1.165, 1.54) is 18.4 Å². The zero-order valence-electron chi connectivity index (χ0n) is 11.6. The van der Waals surface area contributed by atoms with Gasteiger partial charge in [-0.25, -0.2) is 4.98 Å². The van der Waals surface area contributed by atoms with Crippen molar-refractivity contribution in [1.82, 2.24) is 9.55 Å². The first-order valence-electron chi connectivity index (χ1n) is 6.79. The summed E-state index contributed by atoms with van der Waals surface area (Å²) >= 11 is 0. The molecule has 0 bridgehead atoms. The summed E-state index contributed by atoms with van der Waals surface area (Å²) in [7, 11) is 2.07. The second-order valence-corrected chi connectivity index (χ2v) is 5.21. The van der Waals surface area contributed by atoms with E-state index in [1.807, 2.05) is 12.1 Å². The molecule has 0 saturated carbocycles. The Hall–Kier alpha value is -1.35. The molecular formula is C15H23N3. The molecule has 2 unspecified atom stereocenters. The Bertz CT molecular complexity index is 515. The Morgan fingerprint density at radius 2 is 2.06 bits per heavy atom. The van der Waals surface area contributed by atoms with Crippen LogP contribution in [0.5, 0.6) is 0 Å². The number of imidazole rings is 1. The highest BCUT2D eigenvalue weighted by molar-refractivity contribution is 5.75. The predicted octanol–water partition coefficient (Wildman–Crippen LogP) is 2.88. The zero-order valence-corrected chi connectivity index (χ0v) is 11.6. The highest BCUT2D eigenvalue weighted by Crippen LogP contribution is 2.18. The quantitative estimate of drug-likeness (QED) is 0.880. The van der Waals surface area contributed by atoms with Crippen LogP contribution in [0.15, 0.2) is 24.3 Å². The number of hydrogen-bond donors (Lipinski definition) is 1. The summed E-state index contributed by atoms with van der Waals surface area (Å²) in [5.74, 6) is 1.64. The summed E-state index contributed by atoms with van der Waals surface area (Å²) in [6, 6.07) is 8.43. The summed E-state index contributed by atoms with van der Waals surface area (Å²) in [5.41, 5.74) is 8.52. The summed E-state index contributed by atoms with van der Waals surface area (Å²) < 4.78 is 2.16. The first-order valence-corrected chi connectivity index (χ1v) is 6.79. The lowest BCUT2D eigenvalue weighted by molar-refractivity contribution is 0.412. The maximum atomic E-state index is 6.27. The van der Waals surface area contributed by atoms with Gasteiger partial charge < -0.3 is 10.3 Å². The maximum Gasteiger partial charge on any atom is 0.111 e. The van der Waals surface area contributed by atoms with Crippen molar-refractivity contribution >= 4 is 11.0 Å². The standard InChI is InChI=1S/C15H23N3/c1-4-7-11(2)12(16)10-15-17-13-8-5-6-9-14(13)18(15)3/h5-6,8-9,11-12H,4,7,10,16H2,1-3H3. The van der Waals surface area contributed by atoms with Gasteiger partial charge in [0.2, 0.25) is 0 Å². The van der Waals surface area contributed by atoms with Crippen molar-refractivity contribution in [1.29, 1.82) is 0 Å². The van der Waals surface area contributed by atoms with Gasteiger partial charge in [0.25, 0.3) is 0 Å². The van der Waals surface area contributed by atoms with Crippen LogP contribution < -0.4 is 5.73 Å². The van der Waals surface area contributed by atoms with Crippen molar-refractivity contribution < 1.29 is 0 Å². The van der Waals surface area contributed by atoms with Gasteiger partial charge in [-0.15, -0.1) is 0 Å². The second kappa shape index (κ2) is 5.53. The van der Waals surface area contributed by atoms with Crippen molar-refractivity contribution in [2.24, 2.45) is 18.7 Å². The van der Waals surface area contributed by atoms with E-state index in [0.29, 0.717) is 5.92 Å². The smallest absolute Gasteiger partial charge is 0.111 e. The maximum absolute atomic E-state index is 6.27. The highest BCUT2D eigenvalue weighted by Gasteiger charge is 2.16. The van der Waals surface area contributed by atoms with E-state index in [1.54, 1.807) is 0 Å². The molecule has 3 heteroatoms. The molecule has 0 radical (unpaired) electrons. The molecule has 2 rings (SSSR count). The van der Waals surface area contributed by atoms with Gasteiger partial charge in [0.05, 0.1) is 11.0 Å². The first kappa shape index (κ1) is 13.1. The molecule has 0 saturated heterocycles. The number of hydrogen-bond acceptors (Lipinski definition) is 2. The van der Waals surface area contributed by atoms with Gasteiger partial charge in [-0.2, -0.15) is 0 Å². The second-order valence-electron chi connectivity index (χ2n) is 5.21. The Labute approximate surface area is 109 Å². The van der Waals surface area contributed by atoms with Crippen LogP contribution in [0, 0.1) is 5.92 Å². The molecular weight excluding hydrogens is 222 g/mol. The Morgan fingerprint density at radius 1 is 1.33 bits per heavy atom. The van der Waals surface area contributed by atoms with Gasteiger partial charge in [0.1, 0.15) is 5.82 Å². The van der Waals surface area contributed by atoms with E-state index in [4.69, 9.17) is 5.73 Å². The molecule has 2 aromatic rings. The number of benzene rings is 1. The molecule has 0 aliphatic heterocycles. The van der Waals surface area contributed by atoms with Crippen LogP contribution >= 0.6 is 0 Å². The fraction of sp³-hybridized carbons (Fsp3) is 0.533. The van der Waals surface area contributed by atoms with Gasteiger partial charge in [-0.05, 0) is 24.5 Å². The molecule has 0 aliphatic carbocycles. The molecule has 1 aromatic carbocycles. The third-order valence-corrected chi connectivity index (χ3v) is 3.77. The summed E-state index contributed by atoms with van der Waals surface area (Å²) in [4.78, 5) is 4.68. The molecule has 1 aromatic heterocycles. The van der Waals surface area contributed by atoms with Crippen molar-refractivity contribution in [3.63, 3.8) is 0 Å². The molecule has 0 amide bonds. The molecule has 0 aliphatic rings. The van der Waals surface area contributed by atoms with Crippen LogP contribution in [0.1, 0.15) is 32.5 Å². The van der Waals surface area contributed by atoms with E-state index in [2.05, 4.69) is 42.6 Å². The number of aryl methyl sites for hydroxylation is 1. The minimum atomic E-state index is 0.195. The molecule has 18 heavy (non-hydrogen) atoms. The predicted molar refractivity (Wildman–Crippen MR) is 76.5 cm³/mol. The van der Waals surface area contributed by atoms with Crippen LogP contribution in [0.4, 0.5) is 0 Å². The van der Waals surface area contributed by atoms with Gasteiger partial charge in [-0.1, -0.05) is 32.4 Å². The fourth-order valence-corrected chi connectivity index (χ4v) is 2.46. The zero-order chi connectivity index (χ0) is 13.1. The molecule has 3 nitrogen and oxygen atoms in total. The Kier molecular flexibility index (Phi) is 4.02. The first-order chi connectivity index (χ1) is 8.63. The molecule has 2 atom stereocenters. The largest absolute Gasteiger partial charge is 0.331 e. The summed E-state index contributed by atoms with van der Waals surface area (Å²) in [6.07, 6.45) is 3.23. The SMILES string of the molecule is CCCC(C)C(N)Cc1nc2ccccc2n1C. The average molecular weight is 245 g/mol. The number of nitrogens with two attached hydrogens (primary N) is 1. The van der Waals surface area contributed by atoms with E-state index in [-0.39, 0.29) is 6.04 Å². The minimum absolute atomic E-state index is 0.195. The third kappa shape index (κ3) is 2.56. The topological polar surface area (TPSA) is 43.8 Å². The van der Waals surface area contributed by atoms with Crippen LogP contribution in [0.2, 0.25) is 0 Å².